The van der Waals surface area contributed by atoms with E-state index in [2.05, 4.69) is 43.5 Å². The lowest BCUT2D eigenvalue weighted by Crippen LogP contribution is -2.18. The van der Waals surface area contributed by atoms with Crippen molar-refractivity contribution in [1.82, 2.24) is 9.78 Å². The van der Waals surface area contributed by atoms with Crippen LogP contribution in [-0.2, 0) is 12.0 Å². The summed E-state index contributed by atoms with van der Waals surface area (Å²) in [5.41, 5.74) is 1.55. The first kappa shape index (κ1) is 10.3. The van der Waals surface area contributed by atoms with Crippen LogP contribution in [0, 0.1) is 0 Å². The molecule has 0 atom stereocenters. The van der Waals surface area contributed by atoms with E-state index in [0.29, 0.717) is 0 Å². The number of nitrogens with zero attached hydrogens (tertiary/aromatic N) is 2. The Labute approximate surface area is 81.0 Å². The largest absolute Gasteiger partial charge is 0.269 e. The van der Waals surface area contributed by atoms with E-state index >= 15 is 0 Å². The minimum atomic E-state index is 0.213. The molecule has 1 rings (SSSR count). The second-order valence-corrected chi connectivity index (χ2v) is 4.54. The van der Waals surface area contributed by atoms with Crippen LogP contribution in [0.1, 0.15) is 46.2 Å². The summed E-state index contributed by atoms with van der Waals surface area (Å²) in [5, 5.41) is 4.34. The van der Waals surface area contributed by atoms with E-state index in [1.807, 2.05) is 6.20 Å². The Kier molecular flexibility index (Phi) is 3.12. The van der Waals surface area contributed by atoms with E-state index in [-0.39, 0.29) is 5.41 Å². The number of hydrogen-bond donors (Lipinski definition) is 0. The third-order valence-corrected chi connectivity index (χ3v) is 2.21. The fraction of sp³-hybridized carbons (Fsp3) is 0.727. The smallest absolute Gasteiger partial charge is 0.0492 e. The number of rotatable bonds is 3. The molecule has 0 fully saturated rings. The van der Waals surface area contributed by atoms with Gasteiger partial charge in [-0.05, 0) is 12.5 Å². The number of hydrogen-bond acceptors (Lipinski definition) is 1. The number of aryl methyl sites for hydroxylation is 1. The number of aromatic nitrogens is 2. The second kappa shape index (κ2) is 3.95. The van der Waals surface area contributed by atoms with E-state index in [0.717, 1.165) is 6.54 Å². The Balaban J connectivity index is 2.77. The van der Waals surface area contributed by atoms with Crippen molar-refractivity contribution in [3.63, 3.8) is 0 Å². The average molecular weight is 180 g/mol. The summed E-state index contributed by atoms with van der Waals surface area (Å²) in [6, 6.07) is 2.12. The van der Waals surface area contributed by atoms with Gasteiger partial charge >= 0.3 is 0 Å². The molecule has 13 heavy (non-hydrogen) atoms. The topological polar surface area (TPSA) is 17.8 Å². The van der Waals surface area contributed by atoms with Crippen molar-refractivity contribution in [1.29, 1.82) is 0 Å². The molecule has 0 saturated carbocycles. The standard InChI is InChI=1S/C11H20N2/c1-5-6-9-13-10(7-8-12-13)11(2,3)4/h7-8H,5-6,9H2,1-4H3. The summed E-state index contributed by atoms with van der Waals surface area (Å²) in [4.78, 5) is 0. The summed E-state index contributed by atoms with van der Waals surface area (Å²) < 4.78 is 2.13. The van der Waals surface area contributed by atoms with Crippen molar-refractivity contribution in [3.05, 3.63) is 18.0 Å². The molecule has 0 aromatic carbocycles. The molecule has 0 radical (unpaired) electrons. The Bertz CT molecular complexity index is 255. The van der Waals surface area contributed by atoms with Crippen molar-refractivity contribution >= 4 is 0 Å². The normalized spacial score (nSPS) is 12.0. The third-order valence-electron chi connectivity index (χ3n) is 2.21. The van der Waals surface area contributed by atoms with Gasteiger partial charge in [-0.2, -0.15) is 5.10 Å². The summed E-state index contributed by atoms with van der Waals surface area (Å²) in [6.45, 7) is 9.95. The van der Waals surface area contributed by atoms with Gasteiger partial charge in [-0.25, -0.2) is 0 Å². The van der Waals surface area contributed by atoms with Crippen molar-refractivity contribution in [2.75, 3.05) is 0 Å². The second-order valence-electron chi connectivity index (χ2n) is 4.54. The molecular formula is C11H20N2. The van der Waals surface area contributed by atoms with Gasteiger partial charge in [0, 0.05) is 23.9 Å². The maximum atomic E-state index is 4.34. The highest BCUT2D eigenvalue weighted by Gasteiger charge is 2.17. The van der Waals surface area contributed by atoms with Gasteiger partial charge in [0.2, 0.25) is 0 Å². The maximum absolute atomic E-state index is 4.34. The van der Waals surface area contributed by atoms with Crippen LogP contribution in [0.25, 0.3) is 0 Å². The molecule has 2 heteroatoms. The highest BCUT2D eigenvalue weighted by Crippen LogP contribution is 2.21. The molecule has 0 saturated heterocycles. The first-order valence-corrected chi connectivity index (χ1v) is 5.08. The molecular weight excluding hydrogens is 160 g/mol. The third kappa shape index (κ3) is 2.58. The van der Waals surface area contributed by atoms with Gasteiger partial charge in [-0.3, -0.25) is 4.68 Å². The summed E-state index contributed by atoms with van der Waals surface area (Å²) in [7, 11) is 0. The Morgan fingerprint density at radius 3 is 2.62 bits per heavy atom. The van der Waals surface area contributed by atoms with Crippen LogP contribution in [0.15, 0.2) is 12.3 Å². The van der Waals surface area contributed by atoms with Crippen LogP contribution in [0.5, 0.6) is 0 Å². The average Bonchev–Trinajstić information content (AvgIpc) is 2.47. The van der Waals surface area contributed by atoms with E-state index in [4.69, 9.17) is 0 Å². The lowest BCUT2D eigenvalue weighted by atomic mass is 9.92. The van der Waals surface area contributed by atoms with E-state index in [1.165, 1.54) is 18.5 Å². The van der Waals surface area contributed by atoms with Crippen molar-refractivity contribution < 1.29 is 0 Å². The predicted octanol–water partition coefficient (Wildman–Crippen LogP) is 2.98. The van der Waals surface area contributed by atoms with Gasteiger partial charge in [0.05, 0.1) is 0 Å². The van der Waals surface area contributed by atoms with E-state index in [9.17, 15) is 0 Å². The number of unbranched alkanes of at least 4 members (excludes halogenated alkanes) is 1. The van der Waals surface area contributed by atoms with E-state index < -0.39 is 0 Å². The van der Waals surface area contributed by atoms with Crippen LogP contribution < -0.4 is 0 Å². The molecule has 1 aromatic heterocycles. The molecule has 74 valence electrons. The minimum absolute atomic E-state index is 0.213. The molecule has 0 aliphatic carbocycles. The van der Waals surface area contributed by atoms with E-state index in [1.54, 1.807) is 0 Å². The minimum Gasteiger partial charge on any atom is -0.269 e. The highest BCUT2D eigenvalue weighted by molar-refractivity contribution is 5.11. The Morgan fingerprint density at radius 1 is 1.38 bits per heavy atom. The molecule has 2 nitrogen and oxygen atoms in total. The zero-order valence-corrected chi connectivity index (χ0v) is 9.17. The van der Waals surface area contributed by atoms with Crippen LogP contribution in [0.4, 0.5) is 0 Å². The quantitative estimate of drug-likeness (QED) is 0.699. The lowest BCUT2D eigenvalue weighted by molar-refractivity contribution is 0.472. The summed E-state index contributed by atoms with van der Waals surface area (Å²) >= 11 is 0. The molecule has 0 unspecified atom stereocenters. The summed E-state index contributed by atoms with van der Waals surface area (Å²) in [5.74, 6) is 0. The molecule has 1 aromatic rings. The van der Waals surface area contributed by atoms with Crippen LogP contribution in [0.2, 0.25) is 0 Å². The highest BCUT2D eigenvalue weighted by atomic mass is 15.3. The first-order valence-electron chi connectivity index (χ1n) is 5.08. The van der Waals surface area contributed by atoms with Crippen molar-refractivity contribution in [3.8, 4) is 0 Å². The molecule has 0 aliphatic heterocycles. The van der Waals surface area contributed by atoms with Crippen molar-refractivity contribution in [2.45, 2.75) is 52.5 Å². The predicted molar refractivity (Wildman–Crippen MR) is 55.8 cm³/mol. The van der Waals surface area contributed by atoms with Gasteiger partial charge in [0.25, 0.3) is 0 Å². The zero-order chi connectivity index (χ0) is 9.90. The molecule has 1 heterocycles. The van der Waals surface area contributed by atoms with Gasteiger partial charge in [-0.1, -0.05) is 34.1 Å². The monoisotopic (exact) mass is 180 g/mol. The maximum Gasteiger partial charge on any atom is 0.0492 e. The van der Waals surface area contributed by atoms with Crippen LogP contribution in [0.3, 0.4) is 0 Å². The van der Waals surface area contributed by atoms with Crippen molar-refractivity contribution in [2.24, 2.45) is 0 Å². The fourth-order valence-electron chi connectivity index (χ4n) is 1.46. The molecule has 0 spiro atoms. The Morgan fingerprint density at radius 2 is 2.08 bits per heavy atom. The zero-order valence-electron chi connectivity index (χ0n) is 9.17. The van der Waals surface area contributed by atoms with Gasteiger partial charge in [0.1, 0.15) is 0 Å². The lowest BCUT2D eigenvalue weighted by Gasteiger charge is -2.20. The van der Waals surface area contributed by atoms with Gasteiger partial charge in [-0.15, -0.1) is 0 Å². The van der Waals surface area contributed by atoms with Gasteiger partial charge in [0.15, 0.2) is 0 Å². The molecule has 0 N–H and O–H groups in total. The fourth-order valence-corrected chi connectivity index (χ4v) is 1.46. The molecule has 0 aliphatic rings. The summed E-state index contributed by atoms with van der Waals surface area (Å²) in [6.07, 6.45) is 4.34. The van der Waals surface area contributed by atoms with Gasteiger partial charge < -0.3 is 0 Å². The Hall–Kier alpha value is -0.790. The first-order chi connectivity index (χ1) is 6.05. The molecule has 0 bridgehead atoms. The van der Waals surface area contributed by atoms with Crippen LogP contribution in [-0.4, -0.2) is 9.78 Å². The SMILES string of the molecule is CCCCn1nccc1C(C)(C)C. The molecule has 0 amide bonds. The van der Waals surface area contributed by atoms with Crippen LogP contribution >= 0.6 is 0 Å².